The Bertz CT molecular complexity index is 346. The summed E-state index contributed by atoms with van der Waals surface area (Å²) in [5, 5.41) is 8.87. The quantitative estimate of drug-likeness (QED) is 0.699. The van der Waals surface area contributed by atoms with Crippen LogP contribution in [-0.4, -0.2) is 31.3 Å². The van der Waals surface area contributed by atoms with E-state index in [1.165, 1.54) is 0 Å². The Morgan fingerprint density at radius 3 is 2.38 bits per heavy atom. The molecule has 0 aromatic heterocycles. The molecule has 0 radical (unpaired) electrons. The smallest absolute Gasteiger partial charge is 0.321 e. The van der Waals surface area contributed by atoms with Gasteiger partial charge in [-0.05, 0) is 18.3 Å². The van der Waals surface area contributed by atoms with Gasteiger partial charge in [0.15, 0.2) is 0 Å². The predicted octanol–water partition coefficient (Wildman–Crippen LogP) is 0.815. The lowest BCUT2D eigenvalue weighted by molar-refractivity contribution is -0.140. The van der Waals surface area contributed by atoms with E-state index < -0.39 is 22.0 Å². The van der Waals surface area contributed by atoms with Gasteiger partial charge in [-0.2, -0.15) is 0 Å². The summed E-state index contributed by atoms with van der Waals surface area (Å²) in [5.74, 6) is -0.814. The summed E-state index contributed by atoms with van der Waals surface area (Å²) in [6, 6.07) is -1.02. The van der Waals surface area contributed by atoms with Gasteiger partial charge in [0, 0.05) is 0 Å². The molecular weight excluding hydrogens is 230 g/mol. The predicted molar refractivity (Wildman–Crippen MR) is 60.5 cm³/mol. The van der Waals surface area contributed by atoms with Crippen LogP contribution in [0, 0.1) is 11.8 Å². The van der Waals surface area contributed by atoms with Crippen LogP contribution in [0.2, 0.25) is 0 Å². The van der Waals surface area contributed by atoms with Gasteiger partial charge in [0.25, 0.3) is 0 Å². The number of hydrogen-bond acceptors (Lipinski definition) is 3. The lowest BCUT2D eigenvalue weighted by Crippen LogP contribution is -2.45. The second kappa shape index (κ2) is 5.14. The van der Waals surface area contributed by atoms with E-state index in [-0.39, 0.29) is 11.7 Å². The van der Waals surface area contributed by atoms with Crippen molar-refractivity contribution >= 4 is 16.0 Å². The Hall–Kier alpha value is -0.620. The molecule has 0 heterocycles. The topological polar surface area (TPSA) is 83.5 Å². The molecule has 0 aliphatic heterocycles. The van der Waals surface area contributed by atoms with Gasteiger partial charge in [-0.15, -0.1) is 0 Å². The maximum Gasteiger partial charge on any atom is 0.321 e. The van der Waals surface area contributed by atoms with Crippen molar-refractivity contribution in [2.75, 3.05) is 5.75 Å². The van der Waals surface area contributed by atoms with Gasteiger partial charge >= 0.3 is 5.97 Å². The van der Waals surface area contributed by atoms with E-state index in [9.17, 15) is 13.2 Å². The standard InChI is InChI=1S/C10H19NO4S/c1-7(2)9(10(12)13)11-16(14,15)6-5-8-3-4-8/h7-9,11H,3-6H2,1-2H3,(H,12,13). The Balaban J connectivity index is 2.50. The lowest BCUT2D eigenvalue weighted by Gasteiger charge is -2.17. The van der Waals surface area contributed by atoms with Crippen molar-refractivity contribution in [2.24, 2.45) is 11.8 Å². The van der Waals surface area contributed by atoms with Gasteiger partial charge in [0.1, 0.15) is 6.04 Å². The molecule has 0 aromatic rings. The monoisotopic (exact) mass is 249 g/mol. The molecule has 5 nitrogen and oxygen atoms in total. The fourth-order valence-electron chi connectivity index (χ4n) is 1.45. The molecule has 6 heteroatoms. The Labute approximate surface area is 96.3 Å². The second-order valence-electron chi connectivity index (χ2n) is 4.73. The van der Waals surface area contributed by atoms with Crippen LogP contribution in [0.25, 0.3) is 0 Å². The first-order valence-electron chi connectivity index (χ1n) is 5.54. The summed E-state index contributed by atoms with van der Waals surface area (Å²) in [6.07, 6.45) is 2.84. The highest BCUT2D eigenvalue weighted by Gasteiger charge is 2.29. The van der Waals surface area contributed by atoms with Crippen molar-refractivity contribution in [1.82, 2.24) is 4.72 Å². The summed E-state index contributed by atoms with van der Waals surface area (Å²) in [7, 11) is -3.46. The maximum absolute atomic E-state index is 11.6. The van der Waals surface area contributed by atoms with Crippen LogP contribution >= 0.6 is 0 Å². The number of rotatable bonds is 7. The van der Waals surface area contributed by atoms with Gasteiger partial charge in [0.2, 0.25) is 10.0 Å². The Morgan fingerprint density at radius 1 is 1.44 bits per heavy atom. The fourth-order valence-corrected chi connectivity index (χ4v) is 2.97. The van der Waals surface area contributed by atoms with E-state index in [4.69, 9.17) is 5.11 Å². The van der Waals surface area contributed by atoms with E-state index >= 15 is 0 Å². The number of sulfonamides is 1. The third-order valence-electron chi connectivity index (χ3n) is 2.73. The molecule has 1 aliphatic carbocycles. The zero-order valence-electron chi connectivity index (χ0n) is 9.64. The molecule has 0 saturated heterocycles. The molecule has 0 amide bonds. The van der Waals surface area contributed by atoms with Crippen LogP contribution in [0.1, 0.15) is 33.1 Å². The van der Waals surface area contributed by atoms with Gasteiger partial charge < -0.3 is 5.11 Å². The van der Waals surface area contributed by atoms with Crippen LogP contribution in [0.5, 0.6) is 0 Å². The van der Waals surface area contributed by atoms with E-state index in [0.29, 0.717) is 12.3 Å². The first-order chi connectivity index (χ1) is 7.32. The summed E-state index contributed by atoms with van der Waals surface area (Å²) >= 11 is 0. The first-order valence-corrected chi connectivity index (χ1v) is 7.20. The van der Waals surface area contributed by atoms with E-state index in [1.54, 1.807) is 13.8 Å². The largest absolute Gasteiger partial charge is 0.480 e. The summed E-state index contributed by atoms with van der Waals surface area (Å²) in [6.45, 7) is 3.37. The van der Waals surface area contributed by atoms with Gasteiger partial charge in [0.05, 0.1) is 5.75 Å². The molecule has 1 atom stereocenters. The Morgan fingerprint density at radius 2 is 2.00 bits per heavy atom. The van der Waals surface area contributed by atoms with Crippen LogP contribution in [-0.2, 0) is 14.8 Å². The van der Waals surface area contributed by atoms with Crippen molar-refractivity contribution in [3.05, 3.63) is 0 Å². The third kappa shape index (κ3) is 4.49. The molecule has 0 aromatic carbocycles. The van der Waals surface area contributed by atoms with Crippen molar-refractivity contribution in [3.63, 3.8) is 0 Å². The minimum atomic E-state index is -3.46. The zero-order chi connectivity index (χ0) is 12.3. The van der Waals surface area contributed by atoms with Gasteiger partial charge in [-0.3, -0.25) is 4.79 Å². The molecule has 1 unspecified atom stereocenters. The molecule has 1 saturated carbocycles. The average Bonchev–Trinajstić information content (AvgIpc) is 2.94. The second-order valence-corrected chi connectivity index (χ2v) is 6.60. The van der Waals surface area contributed by atoms with Crippen LogP contribution in [0.3, 0.4) is 0 Å². The molecule has 1 fully saturated rings. The SMILES string of the molecule is CC(C)C(NS(=O)(=O)CCC1CC1)C(=O)O. The first kappa shape index (κ1) is 13.4. The van der Waals surface area contributed by atoms with E-state index in [1.807, 2.05) is 0 Å². The number of hydrogen-bond donors (Lipinski definition) is 2. The highest BCUT2D eigenvalue weighted by atomic mass is 32.2. The van der Waals surface area contributed by atoms with E-state index in [2.05, 4.69) is 4.72 Å². The molecule has 0 bridgehead atoms. The lowest BCUT2D eigenvalue weighted by atomic mass is 10.1. The average molecular weight is 249 g/mol. The van der Waals surface area contributed by atoms with Crippen molar-refractivity contribution in [3.8, 4) is 0 Å². The normalized spacial score (nSPS) is 18.7. The minimum absolute atomic E-state index is 0.0359. The zero-order valence-corrected chi connectivity index (χ0v) is 10.5. The summed E-state index contributed by atoms with van der Waals surface area (Å²) < 4.78 is 25.5. The number of carbonyl (C=O) groups is 1. The highest BCUT2D eigenvalue weighted by molar-refractivity contribution is 7.89. The summed E-state index contributed by atoms with van der Waals surface area (Å²) in [4.78, 5) is 10.8. The number of carboxylic acids is 1. The van der Waals surface area contributed by atoms with E-state index in [0.717, 1.165) is 12.8 Å². The number of aliphatic carboxylic acids is 1. The number of carboxylic acid groups (broad SMARTS) is 1. The van der Waals surface area contributed by atoms with Gasteiger partial charge in [-0.25, -0.2) is 13.1 Å². The molecular formula is C10H19NO4S. The van der Waals surface area contributed by atoms with Crippen LogP contribution < -0.4 is 4.72 Å². The highest BCUT2D eigenvalue weighted by Crippen LogP contribution is 2.32. The number of nitrogens with one attached hydrogen (secondary N) is 1. The van der Waals surface area contributed by atoms with Gasteiger partial charge in [-0.1, -0.05) is 26.7 Å². The fraction of sp³-hybridized carbons (Fsp3) is 0.900. The van der Waals surface area contributed by atoms with Crippen molar-refractivity contribution in [1.29, 1.82) is 0 Å². The van der Waals surface area contributed by atoms with Crippen LogP contribution in [0.4, 0.5) is 0 Å². The summed E-state index contributed by atoms with van der Waals surface area (Å²) in [5.41, 5.74) is 0. The van der Waals surface area contributed by atoms with Crippen molar-refractivity contribution < 1.29 is 18.3 Å². The van der Waals surface area contributed by atoms with Crippen LogP contribution in [0.15, 0.2) is 0 Å². The maximum atomic E-state index is 11.6. The molecule has 16 heavy (non-hydrogen) atoms. The Kier molecular flexibility index (Phi) is 4.32. The molecule has 94 valence electrons. The molecule has 1 rings (SSSR count). The third-order valence-corrected chi connectivity index (χ3v) is 4.12. The minimum Gasteiger partial charge on any atom is -0.480 e. The molecule has 2 N–H and O–H groups in total. The molecule has 0 spiro atoms. The van der Waals surface area contributed by atoms with Crippen molar-refractivity contribution in [2.45, 2.75) is 39.2 Å². The molecule has 1 aliphatic rings.